The first kappa shape index (κ1) is 14.7. The maximum atomic E-state index is 11.3. The molecule has 10 nitrogen and oxygen atoms in total. The van der Waals surface area contributed by atoms with Crippen molar-refractivity contribution in [3.05, 3.63) is 17.6 Å². The number of aromatic amines is 1. The summed E-state index contributed by atoms with van der Waals surface area (Å²) in [6.45, 7) is -0.458. The number of primary amides is 1. The average Bonchev–Trinajstić information content (AvgIpc) is 3.02. The summed E-state index contributed by atoms with van der Waals surface area (Å²) in [7, 11) is 0. The fourth-order valence-electron chi connectivity index (χ4n) is 2.51. The van der Waals surface area contributed by atoms with Crippen molar-refractivity contribution in [3.8, 4) is 0 Å². The number of nitrogens with one attached hydrogen (secondary N) is 1. The highest BCUT2D eigenvalue weighted by Gasteiger charge is 2.44. The van der Waals surface area contributed by atoms with Crippen molar-refractivity contribution in [1.82, 2.24) is 15.0 Å². The number of fused-ring (bicyclic) bond motifs is 1. The monoisotopic (exact) mass is 309 g/mol. The zero-order chi connectivity index (χ0) is 16.0. The summed E-state index contributed by atoms with van der Waals surface area (Å²) < 4.78 is 5.34. The average molecular weight is 309 g/mol. The van der Waals surface area contributed by atoms with Gasteiger partial charge in [0.2, 0.25) is 0 Å². The predicted molar refractivity (Wildman–Crippen MR) is 73.5 cm³/mol. The zero-order valence-corrected chi connectivity index (χ0v) is 11.3. The van der Waals surface area contributed by atoms with E-state index in [0.717, 1.165) is 0 Å². The van der Waals surface area contributed by atoms with Crippen molar-refractivity contribution in [3.63, 3.8) is 0 Å². The Labute approximate surface area is 123 Å². The summed E-state index contributed by atoms with van der Waals surface area (Å²) in [6, 6.07) is 0. The Morgan fingerprint density at radius 3 is 2.68 bits per heavy atom. The van der Waals surface area contributed by atoms with Gasteiger partial charge in [-0.1, -0.05) is 0 Å². The van der Waals surface area contributed by atoms with Crippen LogP contribution in [0, 0.1) is 0 Å². The fraction of sp³-hybridized carbons (Fsp3) is 0.417. The van der Waals surface area contributed by atoms with Crippen LogP contribution < -0.4 is 11.5 Å². The van der Waals surface area contributed by atoms with Crippen LogP contribution in [0.5, 0.6) is 0 Å². The third kappa shape index (κ3) is 2.09. The number of hydrogen-bond donors (Lipinski definition) is 6. The molecule has 3 rings (SSSR count). The Balaban J connectivity index is 2.05. The molecule has 0 saturated carbocycles. The number of nitrogens with zero attached hydrogens (tertiary/aromatic N) is 2. The van der Waals surface area contributed by atoms with Crippen LogP contribution in [0.1, 0.15) is 22.3 Å². The molecule has 1 saturated heterocycles. The largest absolute Gasteiger partial charge is 0.394 e. The van der Waals surface area contributed by atoms with Crippen LogP contribution in [0.2, 0.25) is 0 Å². The maximum absolute atomic E-state index is 11.3. The first-order valence-corrected chi connectivity index (χ1v) is 6.50. The van der Waals surface area contributed by atoms with Gasteiger partial charge in [0.1, 0.15) is 35.9 Å². The Bertz CT molecular complexity index is 732. The van der Waals surface area contributed by atoms with E-state index in [2.05, 4.69) is 15.0 Å². The lowest BCUT2D eigenvalue weighted by atomic mass is 10.1. The smallest absolute Gasteiger partial charge is 0.251 e. The molecule has 0 bridgehead atoms. The van der Waals surface area contributed by atoms with E-state index in [-0.39, 0.29) is 28.2 Å². The van der Waals surface area contributed by atoms with Gasteiger partial charge in [0, 0.05) is 6.20 Å². The topological polar surface area (TPSA) is 181 Å². The highest BCUT2D eigenvalue weighted by atomic mass is 16.6. The summed E-state index contributed by atoms with van der Waals surface area (Å²) in [5.41, 5.74) is 11.5. The fourth-order valence-corrected chi connectivity index (χ4v) is 2.51. The molecule has 10 heteroatoms. The number of hydrogen-bond acceptors (Lipinski definition) is 8. The SMILES string of the molecule is NC(=O)c1c[nH]c2nc([C@H]3O[C@H](CO)[C@@H](O)[C@H]3O)nc(N)c12. The molecule has 4 atom stereocenters. The first-order valence-electron chi connectivity index (χ1n) is 6.50. The highest BCUT2D eigenvalue weighted by molar-refractivity contribution is 6.08. The number of nitrogens with two attached hydrogens (primary N) is 2. The lowest BCUT2D eigenvalue weighted by molar-refractivity contribution is -0.0251. The molecule has 2 aromatic heterocycles. The van der Waals surface area contributed by atoms with Gasteiger partial charge in [-0.2, -0.15) is 0 Å². The minimum atomic E-state index is -1.31. The van der Waals surface area contributed by atoms with Crippen LogP contribution in [-0.4, -0.2) is 61.1 Å². The van der Waals surface area contributed by atoms with E-state index < -0.39 is 36.9 Å². The molecule has 0 aliphatic carbocycles. The summed E-state index contributed by atoms with van der Waals surface area (Å²) in [5, 5.41) is 29.1. The van der Waals surface area contributed by atoms with Crippen LogP contribution in [-0.2, 0) is 4.74 Å². The van der Waals surface area contributed by atoms with Crippen molar-refractivity contribution >= 4 is 22.8 Å². The number of aliphatic hydroxyl groups is 3. The molecule has 22 heavy (non-hydrogen) atoms. The second-order valence-electron chi connectivity index (χ2n) is 5.02. The van der Waals surface area contributed by atoms with Gasteiger partial charge in [0.25, 0.3) is 5.91 Å². The second kappa shape index (κ2) is 5.18. The third-order valence-electron chi connectivity index (χ3n) is 3.64. The summed E-state index contributed by atoms with van der Waals surface area (Å²) in [4.78, 5) is 22.2. The molecule has 118 valence electrons. The molecule has 8 N–H and O–H groups in total. The van der Waals surface area contributed by atoms with Crippen molar-refractivity contribution in [2.75, 3.05) is 12.3 Å². The maximum Gasteiger partial charge on any atom is 0.251 e. The number of aromatic nitrogens is 3. The van der Waals surface area contributed by atoms with E-state index in [1.54, 1.807) is 0 Å². The lowest BCUT2D eigenvalue weighted by Gasteiger charge is -2.13. The summed E-state index contributed by atoms with van der Waals surface area (Å²) >= 11 is 0. The van der Waals surface area contributed by atoms with Crippen LogP contribution in [0.3, 0.4) is 0 Å². The molecule has 0 spiro atoms. The first-order chi connectivity index (χ1) is 10.4. The molecule has 0 aromatic carbocycles. The molecule has 0 radical (unpaired) electrons. The zero-order valence-electron chi connectivity index (χ0n) is 11.3. The van der Waals surface area contributed by atoms with Gasteiger partial charge in [-0.3, -0.25) is 4.79 Å². The van der Waals surface area contributed by atoms with Crippen molar-refractivity contribution in [2.45, 2.75) is 24.4 Å². The number of amides is 1. The minimum absolute atomic E-state index is 0.00668. The van der Waals surface area contributed by atoms with Gasteiger partial charge >= 0.3 is 0 Å². The summed E-state index contributed by atoms with van der Waals surface area (Å²) in [6.07, 6.45) is -3.19. The molecule has 3 heterocycles. The number of H-pyrrole nitrogens is 1. The Morgan fingerprint density at radius 2 is 2.09 bits per heavy atom. The molecular formula is C12H15N5O5. The van der Waals surface area contributed by atoms with Crippen molar-refractivity contribution < 1.29 is 24.9 Å². The molecule has 2 aromatic rings. The predicted octanol–water partition coefficient (Wildman–Crippen LogP) is -2.21. The lowest BCUT2D eigenvalue weighted by Crippen LogP contribution is -2.32. The number of aliphatic hydroxyl groups excluding tert-OH is 3. The van der Waals surface area contributed by atoms with E-state index in [0.29, 0.717) is 0 Å². The molecule has 1 aliphatic heterocycles. The van der Waals surface area contributed by atoms with E-state index in [9.17, 15) is 15.0 Å². The number of anilines is 1. The number of carbonyl (C=O) groups is 1. The summed E-state index contributed by atoms with van der Waals surface area (Å²) in [5.74, 6) is -0.652. The van der Waals surface area contributed by atoms with Crippen LogP contribution in [0.25, 0.3) is 11.0 Å². The quantitative estimate of drug-likeness (QED) is 0.369. The molecule has 1 aliphatic rings. The Kier molecular flexibility index (Phi) is 3.45. The van der Waals surface area contributed by atoms with Crippen LogP contribution in [0.4, 0.5) is 5.82 Å². The van der Waals surface area contributed by atoms with E-state index in [1.807, 2.05) is 0 Å². The van der Waals surface area contributed by atoms with Gasteiger partial charge in [-0.15, -0.1) is 0 Å². The van der Waals surface area contributed by atoms with Gasteiger partial charge < -0.3 is 36.5 Å². The number of ether oxygens (including phenoxy) is 1. The van der Waals surface area contributed by atoms with Gasteiger partial charge in [0.05, 0.1) is 17.6 Å². The molecule has 1 fully saturated rings. The number of nitrogen functional groups attached to an aromatic ring is 1. The number of rotatable bonds is 3. The minimum Gasteiger partial charge on any atom is -0.394 e. The van der Waals surface area contributed by atoms with E-state index in [1.165, 1.54) is 6.20 Å². The van der Waals surface area contributed by atoms with Crippen LogP contribution >= 0.6 is 0 Å². The van der Waals surface area contributed by atoms with E-state index in [4.69, 9.17) is 21.3 Å². The number of carbonyl (C=O) groups excluding carboxylic acids is 1. The van der Waals surface area contributed by atoms with Gasteiger partial charge in [-0.05, 0) is 0 Å². The van der Waals surface area contributed by atoms with Gasteiger partial charge in [0.15, 0.2) is 5.82 Å². The third-order valence-corrected chi connectivity index (χ3v) is 3.64. The molecule has 1 amide bonds. The van der Waals surface area contributed by atoms with Crippen molar-refractivity contribution in [2.24, 2.45) is 5.73 Å². The Morgan fingerprint density at radius 1 is 1.36 bits per heavy atom. The second-order valence-corrected chi connectivity index (χ2v) is 5.02. The Hall–Kier alpha value is -2.27. The van der Waals surface area contributed by atoms with Crippen molar-refractivity contribution in [1.29, 1.82) is 0 Å². The van der Waals surface area contributed by atoms with E-state index >= 15 is 0 Å². The normalized spacial score (nSPS) is 28.3. The molecular weight excluding hydrogens is 294 g/mol. The van der Waals surface area contributed by atoms with Crippen LogP contribution in [0.15, 0.2) is 6.20 Å². The van der Waals surface area contributed by atoms with Gasteiger partial charge in [-0.25, -0.2) is 9.97 Å². The molecule has 0 unspecified atom stereocenters. The standard InChI is InChI=1S/C12H15N5O5/c13-9-5-3(10(14)21)1-15-11(5)17-12(16-9)8-7(20)6(19)4(2-18)22-8/h1,4,6-8,18-20H,2H2,(H2,14,21)(H3,13,15,16,17)/t4-,6-,7-,8+/m1/s1. The highest BCUT2D eigenvalue weighted by Crippen LogP contribution is 2.33.